The van der Waals surface area contributed by atoms with E-state index in [0.29, 0.717) is 0 Å². The number of halogens is 2. The van der Waals surface area contributed by atoms with Crippen molar-refractivity contribution in [1.82, 2.24) is 14.9 Å². The Morgan fingerprint density at radius 3 is 2.94 bits per heavy atom. The Labute approximate surface area is 122 Å². The van der Waals surface area contributed by atoms with E-state index >= 15 is 0 Å². The molecule has 0 unspecified atom stereocenters. The molecule has 2 rings (SSSR count). The van der Waals surface area contributed by atoms with Crippen LogP contribution in [0.3, 0.4) is 0 Å². The minimum atomic E-state index is 0. The van der Waals surface area contributed by atoms with E-state index in [2.05, 4.69) is 49.0 Å². The second kappa shape index (κ2) is 8.29. The van der Waals surface area contributed by atoms with Gasteiger partial charge in [0, 0.05) is 30.0 Å². The summed E-state index contributed by atoms with van der Waals surface area (Å²) in [5.74, 6) is 0. The molecule has 98 valence electrons. The molecule has 1 heterocycles. The van der Waals surface area contributed by atoms with Crippen LogP contribution in [-0.4, -0.2) is 16.1 Å². The molecule has 3 nitrogen and oxygen atoms in total. The number of imidazole rings is 1. The molecular formula is C13H16BrClN3-. The van der Waals surface area contributed by atoms with Crippen molar-refractivity contribution in [3.05, 3.63) is 53.0 Å². The SMILES string of the molecule is Brc1cccc(CNCCCn2ccnc2)c1.[Cl-]. The molecule has 0 fully saturated rings. The van der Waals surface area contributed by atoms with Crippen LogP contribution in [0.1, 0.15) is 12.0 Å². The lowest BCUT2D eigenvalue weighted by Crippen LogP contribution is -3.00. The summed E-state index contributed by atoms with van der Waals surface area (Å²) in [6, 6.07) is 8.38. The van der Waals surface area contributed by atoms with Crippen molar-refractivity contribution < 1.29 is 12.4 Å². The lowest BCUT2D eigenvalue weighted by molar-refractivity contribution is -0.00000346. The van der Waals surface area contributed by atoms with Crippen molar-refractivity contribution in [3.63, 3.8) is 0 Å². The Morgan fingerprint density at radius 1 is 1.33 bits per heavy atom. The Morgan fingerprint density at radius 2 is 2.22 bits per heavy atom. The first-order valence-electron chi connectivity index (χ1n) is 5.75. The zero-order valence-corrected chi connectivity index (χ0v) is 12.4. The van der Waals surface area contributed by atoms with Gasteiger partial charge in [0.05, 0.1) is 6.33 Å². The quantitative estimate of drug-likeness (QED) is 0.746. The van der Waals surface area contributed by atoms with Crippen molar-refractivity contribution in [2.24, 2.45) is 0 Å². The lowest BCUT2D eigenvalue weighted by atomic mass is 10.2. The van der Waals surface area contributed by atoms with Gasteiger partial charge < -0.3 is 22.3 Å². The molecule has 2 aromatic rings. The Bertz CT molecular complexity index is 445. The van der Waals surface area contributed by atoms with Crippen LogP contribution in [0.4, 0.5) is 0 Å². The van der Waals surface area contributed by atoms with Crippen LogP contribution in [0, 0.1) is 0 Å². The summed E-state index contributed by atoms with van der Waals surface area (Å²) in [6.07, 6.45) is 6.78. The molecule has 1 N–H and O–H groups in total. The molecule has 0 aliphatic rings. The molecule has 0 aliphatic heterocycles. The highest BCUT2D eigenvalue weighted by atomic mass is 79.9. The predicted molar refractivity (Wildman–Crippen MR) is 72.7 cm³/mol. The average Bonchev–Trinajstić information content (AvgIpc) is 2.82. The number of aryl methyl sites for hydroxylation is 1. The van der Waals surface area contributed by atoms with Gasteiger partial charge in [-0.15, -0.1) is 0 Å². The standard InChI is InChI=1S/C13H16BrN3.ClH/c14-13-4-1-3-12(9-13)10-15-5-2-7-17-8-6-16-11-17;/h1,3-4,6,8-9,11,15H,2,5,7,10H2;1H/p-1. The lowest BCUT2D eigenvalue weighted by Gasteiger charge is -2.05. The smallest absolute Gasteiger partial charge is 0.0945 e. The van der Waals surface area contributed by atoms with Crippen LogP contribution in [0.25, 0.3) is 0 Å². The molecule has 0 amide bonds. The van der Waals surface area contributed by atoms with Gasteiger partial charge >= 0.3 is 0 Å². The van der Waals surface area contributed by atoms with E-state index in [1.54, 1.807) is 0 Å². The van der Waals surface area contributed by atoms with Gasteiger partial charge in [0.2, 0.25) is 0 Å². The van der Waals surface area contributed by atoms with Crippen LogP contribution in [0.5, 0.6) is 0 Å². The highest BCUT2D eigenvalue weighted by molar-refractivity contribution is 9.10. The first kappa shape index (κ1) is 15.2. The maximum atomic E-state index is 4.02. The number of nitrogens with one attached hydrogen (secondary N) is 1. The van der Waals surface area contributed by atoms with Gasteiger partial charge in [0.25, 0.3) is 0 Å². The minimum absolute atomic E-state index is 0. The predicted octanol–water partition coefficient (Wildman–Crippen LogP) is -0.171. The molecule has 18 heavy (non-hydrogen) atoms. The summed E-state index contributed by atoms with van der Waals surface area (Å²) in [6.45, 7) is 2.96. The van der Waals surface area contributed by atoms with Crippen molar-refractivity contribution in [3.8, 4) is 0 Å². The van der Waals surface area contributed by atoms with E-state index in [1.165, 1.54) is 5.56 Å². The molecule has 1 aromatic heterocycles. The van der Waals surface area contributed by atoms with E-state index in [1.807, 2.05) is 24.8 Å². The first-order valence-corrected chi connectivity index (χ1v) is 6.55. The Balaban J connectivity index is 0.00000162. The van der Waals surface area contributed by atoms with Gasteiger partial charge in [0.1, 0.15) is 0 Å². The van der Waals surface area contributed by atoms with E-state index in [9.17, 15) is 0 Å². The third-order valence-corrected chi connectivity index (χ3v) is 3.04. The zero-order chi connectivity index (χ0) is 11.9. The molecule has 0 aliphatic carbocycles. The summed E-state index contributed by atoms with van der Waals surface area (Å²) in [7, 11) is 0. The van der Waals surface area contributed by atoms with E-state index < -0.39 is 0 Å². The molecule has 0 atom stereocenters. The van der Waals surface area contributed by atoms with E-state index in [-0.39, 0.29) is 12.4 Å². The molecular weight excluding hydrogens is 314 g/mol. The number of rotatable bonds is 6. The first-order chi connectivity index (χ1) is 8.34. The number of aromatic nitrogens is 2. The second-order valence-electron chi connectivity index (χ2n) is 3.96. The molecule has 0 bridgehead atoms. The summed E-state index contributed by atoms with van der Waals surface area (Å²) in [5.41, 5.74) is 1.31. The van der Waals surface area contributed by atoms with Crippen molar-refractivity contribution in [2.75, 3.05) is 6.54 Å². The van der Waals surface area contributed by atoms with E-state index in [0.717, 1.165) is 30.5 Å². The number of benzene rings is 1. The van der Waals surface area contributed by atoms with Crippen LogP contribution >= 0.6 is 15.9 Å². The van der Waals surface area contributed by atoms with Gasteiger partial charge in [-0.05, 0) is 30.7 Å². The molecule has 0 saturated heterocycles. The number of nitrogens with zero attached hydrogens (tertiary/aromatic N) is 2. The molecule has 0 spiro atoms. The normalized spacial score (nSPS) is 10.1. The van der Waals surface area contributed by atoms with Crippen molar-refractivity contribution >= 4 is 15.9 Å². The Hall–Kier alpha value is -0.840. The summed E-state index contributed by atoms with van der Waals surface area (Å²) < 4.78 is 3.23. The molecule has 1 aromatic carbocycles. The van der Waals surface area contributed by atoms with Gasteiger partial charge in [-0.1, -0.05) is 28.1 Å². The topological polar surface area (TPSA) is 29.9 Å². The van der Waals surface area contributed by atoms with Crippen LogP contribution < -0.4 is 17.7 Å². The molecule has 0 radical (unpaired) electrons. The third-order valence-electron chi connectivity index (χ3n) is 2.55. The maximum absolute atomic E-state index is 4.02. The van der Waals surface area contributed by atoms with Gasteiger partial charge in [-0.2, -0.15) is 0 Å². The monoisotopic (exact) mass is 328 g/mol. The van der Waals surface area contributed by atoms with Gasteiger partial charge in [-0.3, -0.25) is 0 Å². The van der Waals surface area contributed by atoms with E-state index in [4.69, 9.17) is 0 Å². The largest absolute Gasteiger partial charge is 1.00 e. The van der Waals surface area contributed by atoms with Crippen molar-refractivity contribution in [1.29, 1.82) is 0 Å². The Kier molecular flexibility index (Phi) is 7.01. The molecule has 0 saturated carbocycles. The fraction of sp³-hybridized carbons (Fsp3) is 0.308. The zero-order valence-electron chi connectivity index (χ0n) is 10.0. The fourth-order valence-corrected chi connectivity index (χ4v) is 2.13. The third kappa shape index (κ3) is 5.21. The van der Waals surface area contributed by atoms with Crippen LogP contribution in [-0.2, 0) is 13.1 Å². The minimum Gasteiger partial charge on any atom is -1.00 e. The summed E-state index contributed by atoms with van der Waals surface area (Å²) in [4.78, 5) is 4.02. The van der Waals surface area contributed by atoms with Gasteiger partial charge in [0.15, 0.2) is 0 Å². The average molecular weight is 330 g/mol. The van der Waals surface area contributed by atoms with Crippen LogP contribution in [0.15, 0.2) is 47.5 Å². The summed E-state index contributed by atoms with van der Waals surface area (Å²) >= 11 is 3.47. The van der Waals surface area contributed by atoms with Gasteiger partial charge in [-0.25, -0.2) is 4.98 Å². The highest BCUT2D eigenvalue weighted by Gasteiger charge is 1.94. The fourth-order valence-electron chi connectivity index (χ4n) is 1.69. The second-order valence-corrected chi connectivity index (χ2v) is 4.88. The van der Waals surface area contributed by atoms with Crippen LogP contribution in [0.2, 0.25) is 0 Å². The number of hydrogen-bond donors (Lipinski definition) is 1. The highest BCUT2D eigenvalue weighted by Crippen LogP contribution is 2.11. The maximum Gasteiger partial charge on any atom is 0.0945 e. The summed E-state index contributed by atoms with van der Waals surface area (Å²) in [5, 5.41) is 3.44. The van der Waals surface area contributed by atoms with Crippen molar-refractivity contribution in [2.45, 2.75) is 19.5 Å². The molecule has 5 heteroatoms. The number of hydrogen-bond acceptors (Lipinski definition) is 2.